The maximum Gasteiger partial charge on any atom is 0.217 e. The van der Waals surface area contributed by atoms with E-state index in [9.17, 15) is 4.79 Å². The Bertz CT molecular complexity index is 244. The predicted octanol–water partition coefficient (Wildman–Crippen LogP) is 0.572. The summed E-state index contributed by atoms with van der Waals surface area (Å²) in [5.41, 5.74) is 5.00. The van der Waals surface area contributed by atoms with Gasteiger partial charge in [-0.15, -0.1) is 0 Å². The van der Waals surface area contributed by atoms with Gasteiger partial charge < -0.3 is 16.3 Å². The average Bonchev–Trinajstić information content (AvgIpc) is 2.17. The van der Waals surface area contributed by atoms with Gasteiger partial charge in [0.2, 0.25) is 5.91 Å². The number of rotatable bonds is 2. The first-order valence-electron chi connectivity index (χ1n) is 4.87. The Morgan fingerprint density at radius 1 is 1.43 bits per heavy atom. The molecule has 0 heterocycles. The number of nitrogens with one attached hydrogen (secondary N) is 1. The fourth-order valence-electron chi connectivity index (χ4n) is 2.03. The van der Waals surface area contributed by atoms with Crippen LogP contribution in [0.5, 0.6) is 0 Å². The Morgan fingerprint density at radius 2 is 2.00 bits per heavy atom. The van der Waals surface area contributed by atoms with E-state index in [1.165, 1.54) is 6.92 Å². The molecule has 0 saturated heterocycles. The molecular weight excluding hydrogens is 182 g/mol. The van der Waals surface area contributed by atoms with Crippen LogP contribution < -0.4 is 11.1 Å². The molecule has 0 atom stereocenters. The van der Waals surface area contributed by atoms with Gasteiger partial charge in [-0.2, -0.15) is 0 Å². The third-order valence-corrected chi connectivity index (χ3v) is 2.72. The SMILES string of the molecule is CC(=O)NC1(/C(N)=N\O)CCCCC1. The molecule has 14 heavy (non-hydrogen) atoms. The Balaban J connectivity index is 2.82. The van der Waals surface area contributed by atoms with Crippen molar-refractivity contribution in [3.63, 3.8) is 0 Å². The first-order valence-corrected chi connectivity index (χ1v) is 4.87. The lowest BCUT2D eigenvalue weighted by Gasteiger charge is -2.36. The number of nitrogens with two attached hydrogens (primary N) is 1. The molecule has 4 N–H and O–H groups in total. The van der Waals surface area contributed by atoms with E-state index in [1.54, 1.807) is 0 Å². The molecule has 0 aromatic heterocycles. The van der Waals surface area contributed by atoms with Crippen LogP contribution in [0.2, 0.25) is 0 Å². The van der Waals surface area contributed by atoms with Crippen molar-refractivity contribution in [1.29, 1.82) is 0 Å². The van der Waals surface area contributed by atoms with Gasteiger partial charge in [-0.25, -0.2) is 0 Å². The molecule has 0 radical (unpaired) electrons. The first-order chi connectivity index (χ1) is 6.60. The molecule has 0 aromatic carbocycles. The van der Waals surface area contributed by atoms with Gasteiger partial charge in [0, 0.05) is 6.92 Å². The number of hydrogen-bond donors (Lipinski definition) is 3. The number of oxime groups is 1. The molecule has 0 aliphatic heterocycles. The summed E-state index contributed by atoms with van der Waals surface area (Å²) in [5, 5.41) is 14.5. The van der Waals surface area contributed by atoms with Gasteiger partial charge >= 0.3 is 0 Å². The van der Waals surface area contributed by atoms with E-state index in [0.29, 0.717) is 0 Å². The second-order valence-electron chi connectivity index (χ2n) is 3.81. The van der Waals surface area contributed by atoms with Crippen LogP contribution in [-0.4, -0.2) is 22.5 Å². The number of nitrogens with zero attached hydrogens (tertiary/aromatic N) is 1. The summed E-state index contributed by atoms with van der Waals surface area (Å²) in [5.74, 6) is -0.0223. The molecule has 0 aromatic rings. The van der Waals surface area contributed by atoms with Gasteiger partial charge in [0.05, 0.1) is 0 Å². The van der Waals surface area contributed by atoms with Crippen molar-refractivity contribution >= 4 is 11.7 Å². The molecule has 0 bridgehead atoms. The van der Waals surface area contributed by atoms with Crippen LogP contribution in [0.3, 0.4) is 0 Å². The summed E-state index contributed by atoms with van der Waals surface area (Å²) >= 11 is 0. The van der Waals surface area contributed by atoms with Crippen LogP contribution in [0.4, 0.5) is 0 Å². The molecule has 1 rings (SSSR count). The lowest BCUT2D eigenvalue weighted by atomic mass is 9.80. The van der Waals surface area contributed by atoms with Crippen LogP contribution in [0.25, 0.3) is 0 Å². The fraction of sp³-hybridized carbons (Fsp3) is 0.778. The van der Waals surface area contributed by atoms with Crippen molar-refractivity contribution in [3.8, 4) is 0 Å². The summed E-state index contributed by atoms with van der Waals surface area (Å²) in [4.78, 5) is 11.0. The van der Waals surface area contributed by atoms with Gasteiger partial charge in [-0.3, -0.25) is 4.79 Å². The Hall–Kier alpha value is -1.26. The monoisotopic (exact) mass is 199 g/mol. The van der Waals surface area contributed by atoms with E-state index < -0.39 is 5.54 Å². The number of carbonyl (C=O) groups excluding carboxylic acids is 1. The Labute approximate surface area is 83.3 Å². The zero-order valence-corrected chi connectivity index (χ0v) is 8.42. The summed E-state index contributed by atoms with van der Waals surface area (Å²) in [6.07, 6.45) is 4.64. The van der Waals surface area contributed by atoms with E-state index in [1.807, 2.05) is 0 Å². The molecule has 1 aliphatic rings. The second kappa shape index (κ2) is 4.30. The number of carbonyl (C=O) groups is 1. The average molecular weight is 199 g/mol. The summed E-state index contributed by atoms with van der Waals surface area (Å²) in [6, 6.07) is 0. The predicted molar refractivity (Wildman–Crippen MR) is 53.0 cm³/mol. The molecule has 5 nitrogen and oxygen atoms in total. The number of amides is 1. The standard InChI is InChI=1S/C9H17N3O2/c1-7(13)11-9(8(10)12-14)5-3-2-4-6-9/h14H,2-6H2,1H3,(H2,10,12)(H,11,13). The van der Waals surface area contributed by atoms with E-state index in [-0.39, 0.29) is 11.7 Å². The highest BCUT2D eigenvalue weighted by Crippen LogP contribution is 2.28. The molecule has 0 spiro atoms. The molecular formula is C9H17N3O2. The Kier molecular flexibility index (Phi) is 3.33. The van der Waals surface area contributed by atoms with E-state index in [4.69, 9.17) is 10.9 Å². The molecule has 0 unspecified atom stereocenters. The largest absolute Gasteiger partial charge is 0.409 e. The minimum Gasteiger partial charge on any atom is -0.409 e. The lowest BCUT2D eigenvalue weighted by molar-refractivity contribution is -0.120. The van der Waals surface area contributed by atoms with Crippen molar-refractivity contribution in [2.45, 2.75) is 44.6 Å². The third-order valence-electron chi connectivity index (χ3n) is 2.72. The third kappa shape index (κ3) is 2.16. The zero-order chi connectivity index (χ0) is 10.6. The van der Waals surface area contributed by atoms with Gasteiger partial charge in [0.25, 0.3) is 0 Å². The fourth-order valence-corrected chi connectivity index (χ4v) is 2.03. The molecule has 1 amide bonds. The number of amidine groups is 1. The quantitative estimate of drug-likeness (QED) is 0.263. The van der Waals surface area contributed by atoms with Gasteiger partial charge in [0.15, 0.2) is 5.84 Å². The molecule has 1 aliphatic carbocycles. The van der Waals surface area contributed by atoms with Crippen LogP contribution >= 0.6 is 0 Å². The maximum atomic E-state index is 11.0. The highest BCUT2D eigenvalue weighted by atomic mass is 16.4. The van der Waals surface area contributed by atoms with Gasteiger partial charge in [0.1, 0.15) is 5.54 Å². The Morgan fingerprint density at radius 3 is 2.43 bits per heavy atom. The molecule has 80 valence electrons. The van der Waals surface area contributed by atoms with Crippen molar-refractivity contribution < 1.29 is 10.0 Å². The topological polar surface area (TPSA) is 87.7 Å². The van der Waals surface area contributed by atoms with Gasteiger partial charge in [-0.1, -0.05) is 24.4 Å². The maximum absolute atomic E-state index is 11.0. The lowest BCUT2D eigenvalue weighted by Crippen LogP contribution is -2.58. The van der Waals surface area contributed by atoms with Crippen molar-refractivity contribution in [3.05, 3.63) is 0 Å². The first kappa shape index (κ1) is 10.8. The minimum atomic E-state index is -0.612. The molecule has 1 saturated carbocycles. The van der Waals surface area contributed by atoms with Crippen molar-refractivity contribution in [2.75, 3.05) is 0 Å². The second-order valence-corrected chi connectivity index (χ2v) is 3.81. The van der Waals surface area contributed by atoms with Crippen molar-refractivity contribution in [2.24, 2.45) is 10.9 Å². The van der Waals surface area contributed by atoms with Crippen LogP contribution in [-0.2, 0) is 4.79 Å². The van der Waals surface area contributed by atoms with E-state index >= 15 is 0 Å². The van der Waals surface area contributed by atoms with Crippen LogP contribution in [0.15, 0.2) is 5.16 Å². The van der Waals surface area contributed by atoms with Gasteiger partial charge in [-0.05, 0) is 12.8 Å². The van der Waals surface area contributed by atoms with E-state index in [2.05, 4.69) is 10.5 Å². The molecule has 1 fully saturated rings. The summed E-state index contributed by atoms with van der Waals surface area (Å²) in [6.45, 7) is 1.45. The highest BCUT2D eigenvalue weighted by molar-refractivity contribution is 5.93. The normalized spacial score (nSPS) is 21.6. The number of hydrogen-bond acceptors (Lipinski definition) is 3. The summed E-state index contributed by atoms with van der Waals surface area (Å²) < 4.78 is 0. The van der Waals surface area contributed by atoms with Crippen LogP contribution in [0.1, 0.15) is 39.0 Å². The summed E-state index contributed by atoms with van der Waals surface area (Å²) in [7, 11) is 0. The van der Waals surface area contributed by atoms with Crippen LogP contribution in [0, 0.1) is 0 Å². The van der Waals surface area contributed by atoms with Crippen molar-refractivity contribution in [1.82, 2.24) is 5.32 Å². The van der Waals surface area contributed by atoms with E-state index in [0.717, 1.165) is 32.1 Å². The highest BCUT2D eigenvalue weighted by Gasteiger charge is 2.37. The zero-order valence-electron chi connectivity index (χ0n) is 8.42. The molecule has 5 heteroatoms. The smallest absolute Gasteiger partial charge is 0.217 e. The minimum absolute atomic E-state index is 0.118.